The van der Waals surface area contributed by atoms with E-state index in [1.54, 1.807) is 4.90 Å². The molecule has 0 aliphatic heterocycles. The Hall–Kier alpha value is -2.16. The van der Waals surface area contributed by atoms with E-state index in [0.29, 0.717) is 18.0 Å². The number of aromatic carboxylic acids is 1. The number of rotatable bonds is 12. The molecule has 4 atom stereocenters. The van der Waals surface area contributed by atoms with E-state index >= 15 is 0 Å². The number of thiazole rings is 1. The second kappa shape index (κ2) is 11.7. The van der Waals surface area contributed by atoms with Crippen LogP contribution in [0.4, 0.5) is 0 Å². The molecule has 0 saturated carbocycles. The number of hydrogen-bond acceptors (Lipinski definition) is 6. The molecule has 29 heavy (non-hydrogen) atoms. The van der Waals surface area contributed by atoms with E-state index in [0.717, 1.165) is 17.8 Å². The average molecular weight is 426 g/mol. The van der Waals surface area contributed by atoms with Gasteiger partial charge in [-0.3, -0.25) is 4.79 Å². The molecule has 0 radical (unpaired) electrons. The maximum Gasteiger partial charge on any atom is 0.355 e. The van der Waals surface area contributed by atoms with Gasteiger partial charge in [0.15, 0.2) is 5.69 Å². The zero-order chi connectivity index (χ0) is 22.1. The molecular formula is C19H31N5O4S. The topological polar surface area (TPSA) is 139 Å². The number of hydrogen-bond donors (Lipinski definition) is 2. The fourth-order valence-electron chi connectivity index (χ4n) is 3.16. The molecule has 1 unspecified atom stereocenters. The Kier molecular flexibility index (Phi) is 10.1. The van der Waals surface area contributed by atoms with Crippen molar-refractivity contribution in [3.63, 3.8) is 0 Å². The summed E-state index contributed by atoms with van der Waals surface area (Å²) in [5.74, 6) is -1.46. The van der Waals surface area contributed by atoms with Crippen LogP contribution in [0.2, 0.25) is 0 Å². The number of azide groups is 1. The molecule has 0 fully saturated rings. The zero-order valence-corrected chi connectivity index (χ0v) is 18.5. The molecule has 0 aliphatic carbocycles. The van der Waals surface area contributed by atoms with E-state index in [2.05, 4.69) is 15.0 Å². The Morgan fingerprint density at radius 2 is 2.00 bits per heavy atom. The fourth-order valence-corrected chi connectivity index (χ4v) is 3.95. The Labute approximate surface area is 175 Å². The molecule has 1 heterocycles. The Balaban J connectivity index is 3.15. The fraction of sp³-hybridized carbons (Fsp3) is 0.737. The summed E-state index contributed by atoms with van der Waals surface area (Å²) in [6, 6.07) is -1.11. The van der Waals surface area contributed by atoms with Crippen LogP contribution >= 0.6 is 11.3 Å². The summed E-state index contributed by atoms with van der Waals surface area (Å²) in [4.78, 5) is 32.9. The Morgan fingerprint density at radius 1 is 1.34 bits per heavy atom. The first-order valence-electron chi connectivity index (χ1n) is 9.89. The van der Waals surface area contributed by atoms with E-state index < -0.39 is 18.1 Å². The minimum atomic E-state index is -1.14. The molecule has 0 bridgehead atoms. The summed E-state index contributed by atoms with van der Waals surface area (Å²) in [5, 5.41) is 25.2. The van der Waals surface area contributed by atoms with E-state index in [4.69, 9.17) is 10.6 Å². The number of nitrogens with zero attached hydrogens (tertiary/aromatic N) is 5. The average Bonchev–Trinajstić information content (AvgIpc) is 3.18. The molecule has 1 amide bonds. The molecular weight excluding hydrogens is 394 g/mol. The highest BCUT2D eigenvalue weighted by Crippen LogP contribution is 2.29. The van der Waals surface area contributed by atoms with Gasteiger partial charge in [-0.05, 0) is 23.8 Å². The van der Waals surface area contributed by atoms with Gasteiger partial charge >= 0.3 is 5.97 Å². The van der Waals surface area contributed by atoms with Crippen molar-refractivity contribution in [1.82, 2.24) is 9.88 Å². The highest BCUT2D eigenvalue weighted by Gasteiger charge is 2.34. The predicted octanol–water partition coefficient (Wildman–Crippen LogP) is 4.25. The van der Waals surface area contributed by atoms with Crippen molar-refractivity contribution in [2.45, 2.75) is 72.1 Å². The van der Waals surface area contributed by atoms with Crippen LogP contribution in [0, 0.1) is 11.8 Å². The number of carbonyl (C=O) groups excluding carboxylic acids is 1. The number of carbonyl (C=O) groups is 2. The largest absolute Gasteiger partial charge is 0.476 e. The van der Waals surface area contributed by atoms with Gasteiger partial charge in [-0.1, -0.05) is 46.2 Å². The summed E-state index contributed by atoms with van der Waals surface area (Å²) < 4.78 is 0. The molecule has 10 heteroatoms. The second-order valence-corrected chi connectivity index (χ2v) is 8.40. The lowest BCUT2D eigenvalue weighted by Gasteiger charge is -2.37. The maximum absolute atomic E-state index is 13.3. The molecule has 0 aliphatic rings. The van der Waals surface area contributed by atoms with Crippen LogP contribution in [-0.2, 0) is 4.79 Å². The summed E-state index contributed by atoms with van der Waals surface area (Å²) in [5.41, 5.74) is 8.82. The van der Waals surface area contributed by atoms with Crippen LogP contribution < -0.4 is 0 Å². The van der Waals surface area contributed by atoms with E-state index in [1.807, 2.05) is 34.6 Å². The molecule has 2 N–H and O–H groups in total. The SMILES string of the molecule is CCCN(C(=O)[C@@H](N=[N+]=[N-])C(C)CC)[C@H](C[C@@H](O)c1nc(C(=O)O)cs1)C(C)C. The van der Waals surface area contributed by atoms with Crippen LogP contribution in [0.1, 0.15) is 75.5 Å². The van der Waals surface area contributed by atoms with Crippen molar-refractivity contribution >= 4 is 23.2 Å². The molecule has 0 saturated heterocycles. The van der Waals surface area contributed by atoms with Gasteiger partial charge in [-0.25, -0.2) is 9.78 Å². The van der Waals surface area contributed by atoms with Crippen molar-refractivity contribution in [3.8, 4) is 0 Å². The predicted molar refractivity (Wildman–Crippen MR) is 112 cm³/mol. The third-order valence-corrected chi connectivity index (χ3v) is 5.97. The van der Waals surface area contributed by atoms with Gasteiger partial charge in [-0.2, -0.15) is 0 Å². The highest BCUT2D eigenvalue weighted by molar-refractivity contribution is 7.09. The lowest BCUT2D eigenvalue weighted by molar-refractivity contribution is -0.138. The molecule has 162 valence electrons. The molecule has 9 nitrogen and oxygen atoms in total. The molecule has 1 rings (SSSR count). The molecule has 1 aromatic heterocycles. The quantitative estimate of drug-likeness (QED) is 0.293. The Morgan fingerprint density at radius 3 is 2.45 bits per heavy atom. The summed E-state index contributed by atoms with van der Waals surface area (Å²) in [6.07, 6.45) is 0.643. The van der Waals surface area contributed by atoms with E-state index in [-0.39, 0.29) is 35.9 Å². The van der Waals surface area contributed by atoms with Gasteiger partial charge in [0.25, 0.3) is 0 Å². The van der Waals surface area contributed by atoms with E-state index in [1.165, 1.54) is 5.38 Å². The summed E-state index contributed by atoms with van der Waals surface area (Å²) >= 11 is 1.08. The van der Waals surface area contributed by atoms with Crippen LogP contribution in [0.25, 0.3) is 10.4 Å². The van der Waals surface area contributed by atoms with Crippen LogP contribution in [0.5, 0.6) is 0 Å². The minimum absolute atomic E-state index is 0.0303. The number of carboxylic acid groups (broad SMARTS) is 1. The highest BCUT2D eigenvalue weighted by atomic mass is 32.1. The third-order valence-electron chi connectivity index (χ3n) is 5.02. The van der Waals surface area contributed by atoms with Crippen LogP contribution in [0.3, 0.4) is 0 Å². The minimum Gasteiger partial charge on any atom is -0.476 e. The lowest BCUT2D eigenvalue weighted by Crippen LogP contribution is -2.49. The van der Waals surface area contributed by atoms with Crippen molar-refractivity contribution in [1.29, 1.82) is 0 Å². The van der Waals surface area contributed by atoms with Gasteiger partial charge in [0.05, 0.1) is 0 Å². The van der Waals surface area contributed by atoms with Crippen molar-refractivity contribution in [2.75, 3.05) is 6.54 Å². The summed E-state index contributed by atoms with van der Waals surface area (Å²) in [6.45, 7) is 10.2. The number of amides is 1. The van der Waals surface area contributed by atoms with Crippen LogP contribution in [-0.4, -0.2) is 50.6 Å². The molecule has 0 aromatic carbocycles. The standard InChI is InChI=1S/C19H31N5O4S/c1-6-8-24(18(26)16(22-23-20)12(5)7-2)14(11(3)4)9-15(25)17-21-13(10-29-17)19(27)28/h10-12,14-16,25H,6-9H2,1-5H3,(H,27,28)/t12?,14-,15-,16+/m1/s1. The zero-order valence-electron chi connectivity index (χ0n) is 17.6. The third kappa shape index (κ3) is 6.69. The van der Waals surface area contributed by atoms with E-state index in [9.17, 15) is 14.7 Å². The van der Waals surface area contributed by atoms with Gasteiger partial charge in [0.2, 0.25) is 5.91 Å². The maximum atomic E-state index is 13.3. The first-order valence-corrected chi connectivity index (χ1v) is 10.8. The van der Waals surface area contributed by atoms with Crippen molar-refractivity contribution < 1.29 is 19.8 Å². The first-order chi connectivity index (χ1) is 13.7. The number of aliphatic hydroxyl groups excluding tert-OH is 1. The van der Waals surface area contributed by atoms with Gasteiger partial charge in [0.1, 0.15) is 17.2 Å². The number of carboxylic acids is 1. The normalized spacial score (nSPS) is 15.3. The van der Waals surface area contributed by atoms with Gasteiger partial charge in [-0.15, -0.1) is 11.3 Å². The second-order valence-electron chi connectivity index (χ2n) is 7.51. The number of aromatic nitrogens is 1. The monoisotopic (exact) mass is 425 g/mol. The van der Waals surface area contributed by atoms with Gasteiger partial charge < -0.3 is 15.1 Å². The summed E-state index contributed by atoms with van der Waals surface area (Å²) in [7, 11) is 0. The van der Waals surface area contributed by atoms with Gasteiger partial charge in [0, 0.05) is 29.3 Å². The van der Waals surface area contributed by atoms with Crippen molar-refractivity contribution in [3.05, 3.63) is 26.5 Å². The first kappa shape index (κ1) is 24.9. The van der Waals surface area contributed by atoms with Crippen LogP contribution in [0.15, 0.2) is 10.5 Å². The number of aliphatic hydroxyl groups is 1. The lowest BCUT2D eigenvalue weighted by atomic mass is 9.93. The smallest absolute Gasteiger partial charge is 0.355 e. The molecule has 0 spiro atoms. The molecule has 1 aromatic rings. The Bertz CT molecular complexity index is 732. The van der Waals surface area contributed by atoms with Crippen molar-refractivity contribution in [2.24, 2.45) is 17.0 Å².